The van der Waals surface area contributed by atoms with Gasteiger partial charge < -0.3 is 15.0 Å². The van der Waals surface area contributed by atoms with Crippen LogP contribution in [0.5, 0.6) is 5.75 Å². The van der Waals surface area contributed by atoms with E-state index in [-0.39, 0.29) is 24.5 Å². The Morgan fingerprint density at radius 3 is 2.44 bits per heavy atom. The standard InChI is InChI=1S/C27H28N2O3/c1-2-16-28-25(30)19-32-23-14-13-20-15-17-29(27(31)22-11-7-4-8-12-22)26(24(20)18-23)21-9-5-3-6-10-21/h3-14,18,26H,2,15-17,19H2,1H3,(H,28,30). The van der Waals surface area contributed by atoms with Gasteiger partial charge in [0.25, 0.3) is 11.8 Å². The summed E-state index contributed by atoms with van der Waals surface area (Å²) in [6, 6.07) is 25.2. The highest BCUT2D eigenvalue weighted by Gasteiger charge is 2.32. The lowest BCUT2D eigenvalue weighted by atomic mass is 9.87. The Morgan fingerprint density at radius 1 is 1.00 bits per heavy atom. The lowest BCUT2D eigenvalue weighted by Gasteiger charge is -2.38. The van der Waals surface area contributed by atoms with E-state index in [1.807, 2.05) is 72.5 Å². The van der Waals surface area contributed by atoms with Crippen LogP contribution in [0.25, 0.3) is 0 Å². The maximum atomic E-state index is 13.4. The molecule has 164 valence electrons. The van der Waals surface area contributed by atoms with Crippen LogP contribution in [-0.4, -0.2) is 36.4 Å². The van der Waals surface area contributed by atoms with Gasteiger partial charge in [0.2, 0.25) is 0 Å². The number of carbonyl (C=O) groups is 2. The highest BCUT2D eigenvalue weighted by molar-refractivity contribution is 5.95. The predicted octanol–water partition coefficient (Wildman–Crippen LogP) is 4.38. The smallest absolute Gasteiger partial charge is 0.257 e. The molecule has 0 aliphatic carbocycles. The molecule has 4 rings (SSSR count). The Kier molecular flexibility index (Phi) is 6.85. The first-order valence-electron chi connectivity index (χ1n) is 11.1. The molecule has 32 heavy (non-hydrogen) atoms. The third-order valence-corrected chi connectivity index (χ3v) is 5.68. The molecule has 0 fully saturated rings. The second kappa shape index (κ2) is 10.1. The van der Waals surface area contributed by atoms with E-state index in [2.05, 4.69) is 23.5 Å². The first-order valence-corrected chi connectivity index (χ1v) is 11.1. The van der Waals surface area contributed by atoms with E-state index in [0.29, 0.717) is 24.4 Å². The average Bonchev–Trinajstić information content (AvgIpc) is 2.86. The van der Waals surface area contributed by atoms with Crippen molar-refractivity contribution in [1.29, 1.82) is 0 Å². The summed E-state index contributed by atoms with van der Waals surface area (Å²) in [5.41, 5.74) is 3.96. The van der Waals surface area contributed by atoms with E-state index >= 15 is 0 Å². The van der Waals surface area contributed by atoms with Gasteiger partial charge in [-0.15, -0.1) is 0 Å². The fourth-order valence-electron chi connectivity index (χ4n) is 4.11. The molecule has 5 heteroatoms. The van der Waals surface area contributed by atoms with Crippen molar-refractivity contribution in [3.05, 3.63) is 101 Å². The number of fused-ring (bicyclic) bond motifs is 1. The molecule has 0 spiro atoms. The van der Waals surface area contributed by atoms with Crippen molar-refractivity contribution in [2.75, 3.05) is 19.7 Å². The molecule has 0 radical (unpaired) electrons. The minimum absolute atomic E-state index is 0.00960. The number of nitrogens with one attached hydrogen (secondary N) is 1. The maximum absolute atomic E-state index is 13.4. The van der Waals surface area contributed by atoms with Gasteiger partial charge in [0.1, 0.15) is 5.75 Å². The summed E-state index contributed by atoms with van der Waals surface area (Å²) in [6.45, 7) is 3.26. The number of benzene rings is 3. The molecule has 1 unspecified atom stereocenters. The first kappa shape index (κ1) is 21.6. The Morgan fingerprint density at radius 2 is 1.72 bits per heavy atom. The van der Waals surface area contributed by atoms with E-state index < -0.39 is 0 Å². The molecule has 0 aromatic heterocycles. The summed E-state index contributed by atoms with van der Waals surface area (Å²) in [6.07, 6.45) is 1.66. The highest BCUT2D eigenvalue weighted by atomic mass is 16.5. The van der Waals surface area contributed by atoms with Crippen molar-refractivity contribution < 1.29 is 14.3 Å². The number of carbonyl (C=O) groups excluding carboxylic acids is 2. The molecule has 5 nitrogen and oxygen atoms in total. The number of nitrogens with zero attached hydrogens (tertiary/aromatic N) is 1. The molecule has 1 atom stereocenters. The van der Waals surface area contributed by atoms with Crippen LogP contribution < -0.4 is 10.1 Å². The number of hydrogen-bond acceptors (Lipinski definition) is 3. The fraction of sp³-hybridized carbons (Fsp3) is 0.259. The molecular formula is C27H28N2O3. The van der Waals surface area contributed by atoms with Crippen molar-refractivity contribution in [2.24, 2.45) is 0 Å². The summed E-state index contributed by atoms with van der Waals surface area (Å²) >= 11 is 0. The van der Waals surface area contributed by atoms with Crippen molar-refractivity contribution in [1.82, 2.24) is 10.2 Å². The second-order valence-corrected chi connectivity index (χ2v) is 7.93. The van der Waals surface area contributed by atoms with Gasteiger partial charge in [0.15, 0.2) is 6.61 Å². The van der Waals surface area contributed by atoms with Gasteiger partial charge in [-0.3, -0.25) is 9.59 Å². The SMILES string of the molecule is CCCNC(=O)COc1ccc2c(c1)C(c1ccccc1)N(C(=O)c1ccccc1)CC2. The summed E-state index contributed by atoms with van der Waals surface area (Å²) in [4.78, 5) is 27.3. The molecule has 1 N–H and O–H groups in total. The predicted molar refractivity (Wildman–Crippen MR) is 125 cm³/mol. The topological polar surface area (TPSA) is 58.6 Å². The van der Waals surface area contributed by atoms with E-state index in [1.165, 1.54) is 5.56 Å². The average molecular weight is 429 g/mol. The van der Waals surface area contributed by atoms with Crippen molar-refractivity contribution in [3.63, 3.8) is 0 Å². The minimum Gasteiger partial charge on any atom is -0.484 e. The number of amides is 2. The van der Waals surface area contributed by atoms with Crippen LogP contribution in [0.3, 0.4) is 0 Å². The minimum atomic E-state index is -0.217. The third-order valence-electron chi connectivity index (χ3n) is 5.68. The van der Waals surface area contributed by atoms with Gasteiger partial charge in [-0.25, -0.2) is 0 Å². The van der Waals surface area contributed by atoms with Crippen LogP contribution in [0.15, 0.2) is 78.9 Å². The lowest BCUT2D eigenvalue weighted by molar-refractivity contribution is -0.123. The quantitative estimate of drug-likeness (QED) is 0.608. The van der Waals surface area contributed by atoms with E-state index in [1.54, 1.807) is 0 Å². The Bertz CT molecular complexity index is 1070. The first-order chi connectivity index (χ1) is 15.7. The second-order valence-electron chi connectivity index (χ2n) is 7.93. The molecule has 1 aliphatic heterocycles. The Hall–Kier alpha value is -3.60. The van der Waals surface area contributed by atoms with Crippen LogP contribution in [0, 0.1) is 0 Å². The summed E-state index contributed by atoms with van der Waals surface area (Å²) < 4.78 is 5.78. The highest BCUT2D eigenvalue weighted by Crippen LogP contribution is 2.37. The van der Waals surface area contributed by atoms with Gasteiger partial charge in [-0.2, -0.15) is 0 Å². The zero-order valence-corrected chi connectivity index (χ0v) is 18.3. The maximum Gasteiger partial charge on any atom is 0.257 e. The van der Waals surface area contributed by atoms with Gasteiger partial charge in [0, 0.05) is 18.7 Å². The molecule has 3 aromatic carbocycles. The van der Waals surface area contributed by atoms with Gasteiger partial charge in [-0.05, 0) is 53.8 Å². The third kappa shape index (κ3) is 4.83. The summed E-state index contributed by atoms with van der Waals surface area (Å²) in [7, 11) is 0. The number of rotatable bonds is 7. The van der Waals surface area contributed by atoms with E-state index in [4.69, 9.17) is 4.74 Å². The molecular weight excluding hydrogens is 400 g/mol. The fourth-order valence-corrected chi connectivity index (χ4v) is 4.11. The van der Waals surface area contributed by atoms with Crippen molar-refractivity contribution >= 4 is 11.8 Å². The lowest BCUT2D eigenvalue weighted by Crippen LogP contribution is -2.40. The van der Waals surface area contributed by atoms with Crippen LogP contribution in [0.4, 0.5) is 0 Å². The Labute approximate surface area is 189 Å². The molecule has 3 aromatic rings. The van der Waals surface area contributed by atoms with Crippen LogP contribution in [0.1, 0.15) is 46.4 Å². The van der Waals surface area contributed by atoms with Crippen LogP contribution in [-0.2, 0) is 11.2 Å². The molecule has 1 aliphatic rings. The van der Waals surface area contributed by atoms with Gasteiger partial charge >= 0.3 is 0 Å². The molecule has 0 saturated carbocycles. The summed E-state index contributed by atoms with van der Waals surface area (Å²) in [5.74, 6) is 0.505. The molecule has 0 saturated heterocycles. The number of ether oxygens (including phenoxy) is 1. The zero-order chi connectivity index (χ0) is 22.3. The van der Waals surface area contributed by atoms with Crippen molar-refractivity contribution in [2.45, 2.75) is 25.8 Å². The monoisotopic (exact) mass is 428 g/mol. The van der Waals surface area contributed by atoms with Crippen LogP contribution >= 0.6 is 0 Å². The molecule has 0 bridgehead atoms. The summed E-state index contributed by atoms with van der Waals surface area (Å²) in [5, 5.41) is 2.82. The number of hydrogen-bond donors (Lipinski definition) is 1. The largest absolute Gasteiger partial charge is 0.484 e. The normalized spacial score (nSPS) is 15.0. The van der Waals surface area contributed by atoms with Crippen molar-refractivity contribution in [3.8, 4) is 5.75 Å². The Balaban J connectivity index is 1.65. The van der Waals surface area contributed by atoms with E-state index in [0.717, 1.165) is 24.0 Å². The van der Waals surface area contributed by atoms with E-state index in [9.17, 15) is 9.59 Å². The van der Waals surface area contributed by atoms with Gasteiger partial charge in [0.05, 0.1) is 6.04 Å². The van der Waals surface area contributed by atoms with Crippen LogP contribution in [0.2, 0.25) is 0 Å². The zero-order valence-electron chi connectivity index (χ0n) is 18.3. The molecule has 2 amide bonds. The molecule has 1 heterocycles. The van der Waals surface area contributed by atoms with Gasteiger partial charge in [-0.1, -0.05) is 61.5 Å².